The zero-order valence-electron chi connectivity index (χ0n) is 17.4. The Bertz CT molecular complexity index is 474. The molecule has 28 heavy (non-hydrogen) atoms. The molecule has 0 aliphatic rings. The smallest absolute Gasteiger partial charge is 0.317 e. The summed E-state index contributed by atoms with van der Waals surface area (Å²) in [5.74, 6) is -2.52. The Labute approximate surface area is 166 Å². The minimum absolute atomic E-state index is 0.0706. The van der Waals surface area contributed by atoms with Crippen LogP contribution in [0, 0.1) is 0 Å². The number of hydrogen-bond donors (Lipinski definition) is 2. The maximum atomic E-state index is 12.3. The van der Waals surface area contributed by atoms with Gasteiger partial charge in [0.15, 0.2) is 0 Å². The van der Waals surface area contributed by atoms with Gasteiger partial charge in [-0.2, -0.15) is 0 Å². The van der Waals surface area contributed by atoms with Crippen molar-refractivity contribution >= 4 is 23.8 Å². The van der Waals surface area contributed by atoms with Crippen molar-refractivity contribution in [3.63, 3.8) is 0 Å². The first kappa shape index (κ1) is 25.8. The number of hydrogen-bond acceptors (Lipinski definition) is 6. The molecule has 0 aromatic carbocycles. The van der Waals surface area contributed by atoms with Crippen molar-refractivity contribution in [2.24, 2.45) is 0 Å². The summed E-state index contributed by atoms with van der Waals surface area (Å²) in [7, 11) is 0. The van der Waals surface area contributed by atoms with E-state index in [1.54, 1.807) is 9.80 Å². The van der Waals surface area contributed by atoms with Gasteiger partial charge in [0, 0.05) is 39.3 Å². The average Bonchev–Trinajstić information content (AvgIpc) is 2.60. The Morgan fingerprint density at radius 3 is 1.07 bits per heavy atom. The van der Waals surface area contributed by atoms with Crippen LogP contribution in [0.1, 0.15) is 27.7 Å². The summed E-state index contributed by atoms with van der Waals surface area (Å²) in [5, 5.41) is 18.2. The number of carbonyl (C=O) groups is 4. The van der Waals surface area contributed by atoms with E-state index in [1.165, 1.54) is 9.80 Å². The van der Waals surface area contributed by atoms with E-state index >= 15 is 0 Å². The first-order valence-electron chi connectivity index (χ1n) is 9.62. The van der Waals surface area contributed by atoms with Gasteiger partial charge in [0.25, 0.3) is 0 Å². The lowest BCUT2D eigenvalue weighted by Gasteiger charge is -2.28. The largest absolute Gasteiger partial charge is 0.480 e. The molecule has 0 spiro atoms. The number of rotatable bonds is 15. The van der Waals surface area contributed by atoms with Gasteiger partial charge >= 0.3 is 11.9 Å². The second kappa shape index (κ2) is 13.9. The van der Waals surface area contributed by atoms with E-state index in [0.717, 1.165) is 0 Å². The number of nitrogens with zero attached hydrogens (tertiary/aromatic N) is 4. The Kier molecular flexibility index (Phi) is 12.8. The Hall–Kier alpha value is -2.20. The summed E-state index contributed by atoms with van der Waals surface area (Å²) in [5.41, 5.74) is 0. The lowest BCUT2D eigenvalue weighted by atomic mass is 10.3. The molecule has 0 atom stereocenters. The van der Waals surface area contributed by atoms with Crippen LogP contribution in [0.5, 0.6) is 0 Å². The quantitative estimate of drug-likeness (QED) is 0.376. The molecule has 0 aromatic rings. The van der Waals surface area contributed by atoms with Gasteiger partial charge in [-0.3, -0.25) is 29.0 Å². The molecule has 0 bridgehead atoms. The normalized spacial score (nSPS) is 10.9. The van der Waals surface area contributed by atoms with E-state index in [9.17, 15) is 19.2 Å². The fourth-order valence-corrected chi connectivity index (χ4v) is 2.83. The molecular weight excluding hydrogens is 368 g/mol. The van der Waals surface area contributed by atoms with Gasteiger partial charge in [-0.25, -0.2) is 0 Å². The zero-order chi connectivity index (χ0) is 21.7. The van der Waals surface area contributed by atoms with Crippen molar-refractivity contribution in [2.45, 2.75) is 27.7 Å². The number of carboxylic acids is 2. The third kappa shape index (κ3) is 10.2. The predicted molar refractivity (Wildman–Crippen MR) is 104 cm³/mol. The Balaban J connectivity index is 5.03. The molecule has 2 N–H and O–H groups in total. The van der Waals surface area contributed by atoms with Gasteiger partial charge in [-0.05, 0) is 27.7 Å². The topological polar surface area (TPSA) is 122 Å². The maximum Gasteiger partial charge on any atom is 0.317 e. The Morgan fingerprint density at radius 2 is 0.857 bits per heavy atom. The van der Waals surface area contributed by atoms with Crippen LogP contribution in [0.3, 0.4) is 0 Å². The summed E-state index contributed by atoms with van der Waals surface area (Å²) in [6.07, 6.45) is 0. The molecule has 0 aliphatic carbocycles. The van der Waals surface area contributed by atoms with Crippen molar-refractivity contribution in [3.8, 4) is 0 Å². The average molecular weight is 402 g/mol. The molecule has 0 fully saturated rings. The van der Waals surface area contributed by atoms with Crippen molar-refractivity contribution in [1.29, 1.82) is 0 Å². The van der Waals surface area contributed by atoms with Crippen LogP contribution in [-0.2, 0) is 19.2 Å². The third-order valence-electron chi connectivity index (χ3n) is 4.40. The van der Waals surface area contributed by atoms with Crippen molar-refractivity contribution in [3.05, 3.63) is 0 Å². The van der Waals surface area contributed by atoms with Crippen LogP contribution in [0.2, 0.25) is 0 Å². The van der Waals surface area contributed by atoms with Gasteiger partial charge < -0.3 is 20.0 Å². The SMILES string of the molecule is CCN(CC)C(=O)CN(CCN(CC(=O)O)CC(=O)N(CC)CC)CC(=O)O. The maximum absolute atomic E-state index is 12.3. The van der Waals surface area contributed by atoms with E-state index in [1.807, 2.05) is 27.7 Å². The fraction of sp³-hybridized carbons (Fsp3) is 0.778. The summed E-state index contributed by atoms with van der Waals surface area (Å²) >= 11 is 0. The molecule has 0 unspecified atom stereocenters. The van der Waals surface area contributed by atoms with Gasteiger partial charge in [0.1, 0.15) is 0 Å². The van der Waals surface area contributed by atoms with Crippen LogP contribution >= 0.6 is 0 Å². The fourth-order valence-electron chi connectivity index (χ4n) is 2.83. The van der Waals surface area contributed by atoms with Crippen LogP contribution in [-0.4, -0.2) is 119 Å². The molecule has 2 amide bonds. The molecular formula is C18H34N4O6. The van der Waals surface area contributed by atoms with Gasteiger partial charge in [-0.1, -0.05) is 0 Å². The van der Waals surface area contributed by atoms with E-state index in [4.69, 9.17) is 10.2 Å². The van der Waals surface area contributed by atoms with Crippen molar-refractivity contribution in [1.82, 2.24) is 19.6 Å². The predicted octanol–water partition coefficient (Wildman–Crippen LogP) is -0.504. The highest BCUT2D eigenvalue weighted by molar-refractivity contribution is 5.80. The second-order valence-electron chi connectivity index (χ2n) is 6.34. The van der Waals surface area contributed by atoms with Crippen molar-refractivity contribution < 1.29 is 29.4 Å². The summed E-state index contributed by atoms with van der Waals surface area (Å²) in [4.78, 5) is 53.0. The minimum atomic E-state index is -1.07. The number of aliphatic carboxylic acids is 2. The van der Waals surface area contributed by atoms with E-state index in [2.05, 4.69) is 0 Å². The number of likely N-dealkylation sites (N-methyl/N-ethyl adjacent to an activating group) is 2. The molecule has 0 saturated heterocycles. The first-order chi connectivity index (χ1) is 13.2. The molecule has 0 aromatic heterocycles. The summed E-state index contributed by atoms with van der Waals surface area (Å²) < 4.78 is 0. The van der Waals surface area contributed by atoms with Gasteiger partial charge in [0.05, 0.1) is 26.2 Å². The van der Waals surface area contributed by atoms with E-state index in [-0.39, 0.29) is 51.1 Å². The summed E-state index contributed by atoms with van der Waals surface area (Å²) in [6.45, 7) is 9.00. The van der Waals surface area contributed by atoms with Gasteiger partial charge in [0.2, 0.25) is 11.8 Å². The van der Waals surface area contributed by atoms with E-state index in [0.29, 0.717) is 26.2 Å². The molecule has 162 valence electrons. The van der Waals surface area contributed by atoms with Crippen LogP contribution in [0.4, 0.5) is 0 Å². The second-order valence-corrected chi connectivity index (χ2v) is 6.34. The lowest BCUT2D eigenvalue weighted by Crippen LogP contribution is -2.47. The highest BCUT2D eigenvalue weighted by atomic mass is 16.4. The van der Waals surface area contributed by atoms with Crippen LogP contribution in [0.25, 0.3) is 0 Å². The van der Waals surface area contributed by atoms with Crippen LogP contribution in [0.15, 0.2) is 0 Å². The molecule has 0 heterocycles. The first-order valence-corrected chi connectivity index (χ1v) is 9.62. The standard InChI is InChI=1S/C18H34N4O6/c1-5-21(6-2)15(23)11-19(13-17(25)26)9-10-20(14-18(27)28)12-16(24)22(7-3)8-4/h5-14H2,1-4H3,(H,25,26)(H,27,28). The monoisotopic (exact) mass is 402 g/mol. The Morgan fingerprint density at radius 1 is 0.571 bits per heavy atom. The minimum Gasteiger partial charge on any atom is -0.480 e. The highest BCUT2D eigenvalue weighted by Gasteiger charge is 2.21. The van der Waals surface area contributed by atoms with Crippen LogP contribution < -0.4 is 0 Å². The highest BCUT2D eigenvalue weighted by Crippen LogP contribution is 1.99. The molecule has 0 radical (unpaired) electrons. The molecule has 0 saturated carbocycles. The van der Waals surface area contributed by atoms with E-state index < -0.39 is 11.9 Å². The molecule has 10 nitrogen and oxygen atoms in total. The molecule has 0 aliphatic heterocycles. The molecule has 0 rings (SSSR count). The number of amides is 2. The third-order valence-corrected chi connectivity index (χ3v) is 4.40. The zero-order valence-corrected chi connectivity index (χ0v) is 17.4. The molecule has 10 heteroatoms. The number of carboxylic acid groups (broad SMARTS) is 2. The van der Waals surface area contributed by atoms with Crippen molar-refractivity contribution in [2.75, 3.05) is 65.4 Å². The summed E-state index contributed by atoms with van der Waals surface area (Å²) in [6, 6.07) is 0. The number of carbonyl (C=O) groups excluding carboxylic acids is 2. The van der Waals surface area contributed by atoms with Gasteiger partial charge in [-0.15, -0.1) is 0 Å². The lowest BCUT2D eigenvalue weighted by molar-refractivity contribution is -0.142.